The number of carbonyl (C=O) groups excluding carboxylic acids is 2. The molecular weight excluding hydrogens is 332 g/mol. The molecule has 0 aromatic carbocycles. The molecule has 1 amide bonds. The van der Waals surface area contributed by atoms with Gasteiger partial charge in [-0.2, -0.15) is 0 Å². The number of rotatable bonds is 6. The molecule has 1 saturated heterocycles. The number of halogens is 1. The number of esters is 1. The molecule has 7 nitrogen and oxygen atoms in total. The van der Waals surface area contributed by atoms with Crippen molar-refractivity contribution in [3.05, 3.63) is 18.2 Å². The summed E-state index contributed by atoms with van der Waals surface area (Å²) in [5.74, 6) is 0.586. The van der Waals surface area contributed by atoms with E-state index in [1.54, 1.807) is 17.0 Å². The smallest absolute Gasteiger partial charge is 0.325 e. The van der Waals surface area contributed by atoms with E-state index in [9.17, 15) is 9.59 Å². The van der Waals surface area contributed by atoms with Crippen molar-refractivity contribution in [3.63, 3.8) is 0 Å². The first kappa shape index (κ1) is 20.4. The number of hydrogen-bond acceptors (Lipinski definition) is 5. The molecule has 0 bridgehead atoms. The Balaban J connectivity index is 0.00000288. The highest BCUT2D eigenvalue weighted by Crippen LogP contribution is 2.15. The van der Waals surface area contributed by atoms with Crippen molar-refractivity contribution >= 4 is 24.3 Å². The maximum atomic E-state index is 12.3. The Morgan fingerprint density at radius 2 is 2.00 bits per heavy atom. The van der Waals surface area contributed by atoms with Gasteiger partial charge in [-0.1, -0.05) is 0 Å². The van der Waals surface area contributed by atoms with E-state index in [0.717, 1.165) is 31.8 Å². The topological polar surface area (TPSA) is 67.7 Å². The first-order valence-corrected chi connectivity index (χ1v) is 8.02. The van der Waals surface area contributed by atoms with Crippen LogP contribution in [-0.2, 0) is 27.3 Å². The van der Waals surface area contributed by atoms with Crippen LogP contribution in [-0.4, -0.2) is 71.6 Å². The standard InChI is InChI=1S/C16H26N4O3.ClH/c1-18(2)13-6-9-19(10-7-13)15(21)5-4-14-17-8-11-20(14)12-16(22)23-3;/h8,11,13H,4-7,9-10,12H2,1-3H3;1H. The molecular formula is C16H27ClN4O3. The first-order chi connectivity index (χ1) is 11.0. The van der Waals surface area contributed by atoms with E-state index in [1.807, 2.05) is 4.90 Å². The summed E-state index contributed by atoms with van der Waals surface area (Å²) in [6.45, 7) is 1.77. The monoisotopic (exact) mass is 358 g/mol. The molecule has 2 heterocycles. The maximum Gasteiger partial charge on any atom is 0.325 e. The second-order valence-electron chi connectivity index (χ2n) is 6.12. The van der Waals surface area contributed by atoms with E-state index in [-0.39, 0.29) is 30.8 Å². The average molecular weight is 359 g/mol. The van der Waals surface area contributed by atoms with Gasteiger partial charge in [-0.15, -0.1) is 12.4 Å². The molecule has 8 heteroatoms. The number of hydrogen-bond donors (Lipinski definition) is 0. The zero-order chi connectivity index (χ0) is 16.8. The maximum absolute atomic E-state index is 12.3. The first-order valence-electron chi connectivity index (χ1n) is 8.02. The van der Waals surface area contributed by atoms with E-state index in [0.29, 0.717) is 18.9 Å². The van der Waals surface area contributed by atoms with Crippen LogP contribution < -0.4 is 0 Å². The summed E-state index contributed by atoms with van der Waals surface area (Å²) in [4.78, 5) is 32.1. The van der Waals surface area contributed by atoms with Gasteiger partial charge in [0.05, 0.1) is 7.11 Å². The van der Waals surface area contributed by atoms with Gasteiger partial charge < -0.3 is 19.1 Å². The molecule has 0 aliphatic carbocycles. The van der Waals surface area contributed by atoms with Crippen LogP contribution >= 0.6 is 12.4 Å². The van der Waals surface area contributed by atoms with Crippen LogP contribution in [0.2, 0.25) is 0 Å². The molecule has 1 fully saturated rings. The molecule has 136 valence electrons. The Kier molecular flexibility index (Phi) is 8.21. The second-order valence-corrected chi connectivity index (χ2v) is 6.12. The van der Waals surface area contributed by atoms with Crippen molar-refractivity contribution in [3.8, 4) is 0 Å². The van der Waals surface area contributed by atoms with Gasteiger partial charge in [0.25, 0.3) is 0 Å². The Hall–Kier alpha value is -1.60. The van der Waals surface area contributed by atoms with Crippen molar-refractivity contribution in [1.82, 2.24) is 19.4 Å². The number of aryl methyl sites for hydroxylation is 1. The second kappa shape index (κ2) is 9.64. The molecule has 1 aromatic heterocycles. The van der Waals surface area contributed by atoms with Crippen molar-refractivity contribution < 1.29 is 14.3 Å². The number of carbonyl (C=O) groups is 2. The Labute approximate surface area is 149 Å². The quantitative estimate of drug-likeness (QED) is 0.709. The van der Waals surface area contributed by atoms with E-state index < -0.39 is 0 Å². The summed E-state index contributed by atoms with van der Waals surface area (Å²) in [6.07, 6.45) is 6.39. The van der Waals surface area contributed by atoms with Crippen LogP contribution in [0.3, 0.4) is 0 Å². The Morgan fingerprint density at radius 3 is 2.58 bits per heavy atom. The molecule has 0 atom stereocenters. The van der Waals surface area contributed by atoms with E-state index in [4.69, 9.17) is 0 Å². The van der Waals surface area contributed by atoms with Crippen molar-refractivity contribution in [2.75, 3.05) is 34.3 Å². The highest BCUT2D eigenvalue weighted by molar-refractivity contribution is 5.85. The predicted molar refractivity (Wildman–Crippen MR) is 93.1 cm³/mol. The number of piperidine rings is 1. The van der Waals surface area contributed by atoms with Gasteiger partial charge >= 0.3 is 5.97 Å². The lowest BCUT2D eigenvalue weighted by molar-refractivity contribution is -0.141. The SMILES string of the molecule is COC(=O)Cn1ccnc1CCC(=O)N1CCC(N(C)C)CC1.Cl. The summed E-state index contributed by atoms with van der Waals surface area (Å²) < 4.78 is 6.40. The number of methoxy groups -OCH3 is 1. The van der Waals surface area contributed by atoms with Crippen LogP contribution in [0.1, 0.15) is 25.1 Å². The fraction of sp³-hybridized carbons (Fsp3) is 0.688. The van der Waals surface area contributed by atoms with Gasteiger partial charge in [-0.05, 0) is 26.9 Å². The van der Waals surface area contributed by atoms with E-state index in [1.165, 1.54) is 7.11 Å². The van der Waals surface area contributed by atoms with Crippen molar-refractivity contribution in [2.24, 2.45) is 0 Å². The van der Waals surface area contributed by atoms with Gasteiger partial charge in [0.15, 0.2) is 0 Å². The molecule has 0 radical (unpaired) electrons. The highest BCUT2D eigenvalue weighted by Gasteiger charge is 2.23. The third kappa shape index (κ3) is 5.49. The minimum atomic E-state index is -0.318. The molecule has 1 aliphatic rings. The van der Waals surface area contributed by atoms with Gasteiger partial charge in [0.2, 0.25) is 5.91 Å². The summed E-state index contributed by atoms with van der Waals surface area (Å²) in [5.41, 5.74) is 0. The van der Waals surface area contributed by atoms with Crippen molar-refractivity contribution in [2.45, 2.75) is 38.3 Å². The van der Waals surface area contributed by atoms with Crippen LogP contribution in [0, 0.1) is 0 Å². The fourth-order valence-corrected chi connectivity index (χ4v) is 2.92. The van der Waals surface area contributed by atoms with Gasteiger partial charge in [0.1, 0.15) is 12.4 Å². The number of likely N-dealkylation sites (tertiary alicyclic amines) is 1. The van der Waals surface area contributed by atoms with Crippen LogP contribution in [0.5, 0.6) is 0 Å². The average Bonchev–Trinajstić information content (AvgIpc) is 2.99. The van der Waals surface area contributed by atoms with Crippen LogP contribution in [0.15, 0.2) is 12.4 Å². The summed E-state index contributed by atoms with van der Waals surface area (Å²) in [5, 5.41) is 0. The van der Waals surface area contributed by atoms with Gasteiger partial charge in [-0.3, -0.25) is 9.59 Å². The van der Waals surface area contributed by atoms with Crippen LogP contribution in [0.25, 0.3) is 0 Å². The number of ether oxygens (including phenoxy) is 1. The minimum Gasteiger partial charge on any atom is -0.468 e. The largest absolute Gasteiger partial charge is 0.468 e. The normalized spacial score (nSPS) is 15.2. The van der Waals surface area contributed by atoms with E-state index >= 15 is 0 Å². The summed E-state index contributed by atoms with van der Waals surface area (Å²) in [6, 6.07) is 0.568. The Bertz CT molecular complexity index is 539. The molecule has 2 rings (SSSR count). The van der Waals surface area contributed by atoms with Gasteiger partial charge in [-0.25, -0.2) is 4.98 Å². The fourth-order valence-electron chi connectivity index (χ4n) is 2.92. The third-order valence-corrected chi connectivity index (χ3v) is 4.44. The lowest BCUT2D eigenvalue weighted by atomic mass is 10.0. The molecule has 0 saturated carbocycles. The highest BCUT2D eigenvalue weighted by atomic mass is 35.5. The lowest BCUT2D eigenvalue weighted by Gasteiger charge is -2.35. The Morgan fingerprint density at radius 1 is 1.33 bits per heavy atom. The molecule has 0 spiro atoms. The lowest BCUT2D eigenvalue weighted by Crippen LogP contribution is -2.44. The minimum absolute atomic E-state index is 0. The van der Waals surface area contributed by atoms with Crippen molar-refractivity contribution in [1.29, 1.82) is 0 Å². The third-order valence-electron chi connectivity index (χ3n) is 4.44. The van der Waals surface area contributed by atoms with E-state index in [2.05, 4.69) is 28.7 Å². The molecule has 1 aromatic rings. The number of aromatic nitrogens is 2. The zero-order valence-electron chi connectivity index (χ0n) is 14.6. The number of amides is 1. The summed E-state index contributed by atoms with van der Waals surface area (Å²) in [7, 11) is 5.53. The van der Waals surface area contributed by atoms with Gasteiger partial charge in [0, 0.05) is 44.4 Å². The zero-order valence-corrected chi connectivity index (χ0v) is 15.4. The molecule has 0 N–H and O–H groups in total. The number of imidazole rings is 1. The number of nitrogens with zero attached hydrogens (tertiary/aromatic N) is 4. The molecule has 0 unspecified atom stereocenters. The molecule has 1 aliphatic heterocycles. The van der Waals surface area contributed by atoms with Crippen LogP contribution in [0.4, 0.5) is 0 Å². The molecule has 24 heavy (non-hydrogen) atoms. The predicted octanol–water partition coefficient (Wildman–Crippen LogP) is 0.963. The summed E-state index contributed by atoms with van der Waals surface area (Å²) >= 11 is 0.